The number of nitrogens with one attached hydrogen (secondary N) is 1. The number of halogens is 4. The quantitative estimate of drug-likeness (QED) is 0.384. The number of likely N-dealkylation sites (tertiary alicyclic amines) is 1. The van der Waals surface area contributed by atoms with Crippen molar-refractivity contribution in [1.29, 1.82) is 5.26 Å². The highest BCUT2D eigenvalue weighted by Gasteiger charge is 2.36. The Morgan fingerprint density at radius 1 is 1.25 bits per heavy atom. The molecular weight excluding hydrogens is 535 g/mol. The zero-order chi connectivity index (χ0) is 26.1. The molecule has 3 aromatic rings. The van der Waals surface area contributed by atoms with E-state index in [4.69, 9.17) is 21.6 Å². The molecule has 1 N–H and O–H groups in total. The molecule has 1 atom stereocenters. The number of nitriles is 1. The molecule has 6 nitrogen and oxygen atoms in total. The molecule has 1 aromatic heterocycles. The van der Waals surface area contributed by atoms with Crippen molar-refractivity contribution in [1.82, 2.24) is 4.90 Å². The molecule has 1 saturated heterocycles. The number of nitrogens with zero attached hydrogens (tertiary/aromatic N) is 2. The van der Waals surface area contributed by atoms with Crippen LogP contribution in [-0.4, -0.2) is 39.6 Å². The summed E-state index contributed by atoms with van der Waals surface area (Å²) in [6.45, 7) is 1.17. The van der Waals surface area contributed by atoms with E-state index < -0.39 is 33.6 Å². The zero-order valence-electron chi connectivity index (χ0n) is 19.0. The van der Waals surface area contributed by atoms with Crippen LogP contribution in [0.1, 0.15) is 17.5 Å². The Kier molecular flexibility index (Phi) is 7.52. The van der Waals surface area contributed by atoms with Gasteiger partial charge in [-0.05, 0) is 42.8 Å². The molecule has 0 aliphatic carbocycles. The lowest BCUT2D eigenvalue weighted by Crippen LogP contribution is -2.23. The monoisotopic (exact) mass is 555 g/mol. The fourth-order valence-electron chi connectivity index (χ4n) is 3.91. The fourth-order valence-corrected chi connectivity index (χ4v) is 6.73. The molecule has 0 bridgehead atoms. The highest BCUT2D eigenvalue weighted by molar-refractivity contribution is 7.94. The Bertz CT molecular complexity index is 1420. The SMILES string of the molecule is CN1CC[C@@H](Oc2cc(NS(=O)(=O)c3cc(-c4cccc(CC#N)c4)c(Cl)s3)ccc2C(F)(F)F)C1. The van der Waals surface area contributed by atoms with E-state index in [0.29, 0.717) is 30.6 Å². The van der Waals surface area contributed by atoms with E-state index in [1.807, 2.05) is 11.9 Å². The fraction of sp³-hybridized carbons (Fsp3) is 0.292. The molecule has 1 fully saturated rings. The standard InChI is InChI=1S/C24H21ClF3N3O3S2/c1-31-10-8-18(14-31)34-21-12-17(5-6-20(21)24(26,27)28)30-36(32,33)22-13-19(23(25)35-22)16-4-2-3-15(11-16)7-9-29/h2-6,11-13,18,30H,7-8,10,14H2,1H3/t18-/m1/s1. The average Bonchev–Trinajstić information content (AvgIpc) is 3.39. The van der Waals surface area contributed by atoms with Gasteiger partial charge in [-0.25, -0.2) is 8.42 Å². The molecule has 0 unspecified atom stereocenters. The molecule has 0 radical (unpaired) electrons. The first-order valence-corrected chi connectivity index (χ1v) is 13.5. The van der Waals surface area contributed by atoms with Gasteiger partial charge in [-0.1, -0.05) is 35.9 Å². The second-order valence-corrected chi connectivity index (χ2v) is 12.0. The van der Waals surface area contributed by atoms with Crippen molar-refractivity contribution in [3.05, 3.63) is 64.0 Å². The predicted molar refractivity (Wildman–Crippen MR) is 133 cm³/mol. The lowest BCUT2D eigenvalue weighted by molar-refractivity contribution is -0.139. The first-order valence-electron chi connectivity index (χ1n) is 10.8. The van der Waals surface area contributed by atoms with E-state index in [1.165, 1.54) is 6.07 Å². The minimum atomic E-state index is -4.66. The number of sulfonamides is 1. The van der Waals surface area contributed by atoms with Gasteiger partial charge in [0.25, 0.3) is 10.0 Å². The van der Waals surface area contributed by atoms with Gasteiger partial charge in [-0.2, -0.15) is 18.4 Å². The Morgan fingerprint density at radius 3 is 2.69 bits per heavy atom. The van der Waals surface area contributed by atoms with Crippen LogP contribution in [0.3, 0.4) is 0 Å². The molecule has 36 heavy (non-hydrogen) atoms. The van der Waals surface area contributed by atoms with E-state index in [-0.39, 0.29) is 20.7 Å². The van der Waals surface area contributed by atoms with Gasteiger partial charge in [-0.3, -0.25) is 4.72 Å². The van der Waals surface area contributed by atoms with E-state index in [9.17, 15) is 21.6 Å². The van der Waals surface area contributed by atoms with Gasteiger partial charge in [-0.15, -0.1) is 11.3 Å². The number of hydrogen-bond donors (Lipinski definition) is 1. The summed E-state index contributed by atoms with van der Waals surface area (Å²) in [5.41, 5.74) is 0.844. The third-order valence-corrected chi connectivity index (χ3v) is 8.84. The Hall–Kier alpha value is -2.78. The smallest absolute Gasteiger partial charge is 0.419 e. The maximum Gasteiger partial charge on any atom is 0.419 e. The van der Waals surface area contributed by atoms with Crippen molar-refractivity contribution < 1.29 is 26.3 Å². The molecule has 1 aliphatic heterocycles. The molecule has 0 saturated carbocycles. The number of rotatable bonds is 7. The van der Waals surface area contributed by atoms with E-state index in [1.54, 1.807) is 24.3 Å². The lowest BCUT2D eigenvalue weighted by Gasteiger charge is -2.19. The van der Waals surface area contributed by atoms with Crippen LogP contribution in [0.25, 0.3) is 11.1 Å². The van der Waals surface area contributed by atoms with Crippen LogP contribution in [0, 0.1) is 11.3 Å². The van der Waals surface area contributed by atoms with Crippen molar-refractivity contribution in [2.75, 3.05) is 24.9 Å². The van der Waals surface area contributed by atoms with Crippen LogP contribution in [-0.2, 0) is 22.6 Å². The minimum Gasteiger partial charge on any atom is -0.488 e. The summed E-state index contributed by atoms with van der Waals surface area (Å²) in [7, 11) is -2.31. The van der Waals surface area contributed by atoms with Gasteiger partial charge in [0.05, 0.1) is 23.7 Å². The molecule has 2 aromatic carbocycles. The topological polar surface area (TPSA) is 82.4 Å². The lowest BCUT2D eigenvalue weighted by atomic mass is 10.0. The first-order chi connectivity index (χ1) is 17.0. The van der Waals surface area contributed by atoms with E-state index >= 15 is 0 Å². The molecular formula is C24H21ClF3N3O3S2. The number of likely N-dealkylation sites (N-methyl/N-ethyl adjacent to an activating group) is 1. The number of anilines is 1. The highest BCUT2D eigenvalue weighted by Crippen LogP contribution is 2.41. The number of benzene rings is 2. The van der Waals surface area contributed by atoms with E-state index in [2.05, 4.69) is 10.8 Å². The van der Waals surface area contributed by atoms with Crippen LogP contribution in [0.5, 0.6) is 5.75 Å². The zero-order valence-corrected chi connectivity index (χ0v) is 21.4. The summed E-state index contributed by atoms with van der Waals surface area (Å²) in [4.78, 5) is 1.94. The second-order valence-electron chi connectivity index (χ2n) is 8.39. The van der Waals surface area contributed by atoms with Crippen molar-refractivity contribution in [3.63, 3.8) is 0 Å². The summed E-state index contributed by atoms with van der Waals surface area (Å²) in [6.07, 6.45) is -4.33. The average molecular weight is 556 g/mol. The van der Waals surface area contributed by atoms with Gasteiger partial charge in [0, 0.05) is 24.7 Å². The summed E-state index contributed by atoms with van der Waals surface area (Å²) >= 11 is 7.16. The summed E-state index contributed by atoms with van der Waals surface area (Å²) in [6, 6.07) is 13.4. The molecule has 0 amide bonds. The van der Waals surface area contributed by atoms with Crippen molar-refractivity contribution in [3.8, 4) is 22.9 Å². The second kappa shape index (κ2) is 10.3. The van der Waals surface area contributed by atoms with Crippen LogP contribution >= 0.6 is 22.9 Å². The Labute approximate surface area is 215 Å². The molecule has 190 valence electrons. The molecule has 2 heterocycles. The maximum atomic E-state index is 13.6. The van der Waals surface area contributed by atoms with E-state index in [0.717, 1.165) is 35.1 Å². The molecule has 0 spiro atoms. The third-order valence-electron chi connectivity index (χ3n) is 5.63. The largest absolute Gasteiger partial charge is 0.488 e. The Morgan fingerprint density at radius 2 is 2.03 bits per heavy atom. The van der Waals surface area contributed by atoms with Gasteiger partial charge in [0.1, 0.15) is 20.4 Å². The van der Waals surface area contributed by atoms with Crippen molar-refractivity contribution in [2.24, 2.45) is 0 Å². The molecule has 12 heteroatoms. The molecule has 1 aliphatic rings. The van der Waals surface area contributed by atoms with Crippen molar-refractivity contribution >= 4 is 38.6 Å². The van der Waals surface area contributed by atoms with Crippen molar-refractivity contribution in [2.45, 2.75) is 29.3 Å². The van der Waals surface area contributed by atoms with Crippen LogP contribution < -0.4 is 9.46 Å². The summed E-state index contributed by atoms with van der Waals surface area (Å²) in [5.74, 6) is -0.429. The van der Waals surface area contributed by atoms with Crippen LogP contribution in [0.4, 0.5) is 18.9 Å². The predicted octanol–water partition coefficient (Wildman–Crippen LogP) is 6.04. The Balaban J connectivity index is 1.62. The summed E-state index contributed by atoms with van der Waals surface area (Å²) < 4.78 is 74.9. The van der Waals surface area contributed by atoms with Crippen LogP contribution in [0.2, 0.25) is 4.34 Å². The maximum absolute atomic E-state index is 13.6. The van der Waals surface area contributed by atoms with Gasteiger partial charge in [0.15, 0.2) is 0 Å². The number of hydrogen-bond acceptors (Lipinski definition) is 6. The van der Waals surface area contributed by atoms with Gasteiger partial charge in [0.2, 0.25) is 0 Å². The molecule has 4 rings (SSSR count). The van der Waals surface area contributed by atoms with Gasteiger partial charge < -0.3 is 9.64 Å². The highest BCUT2D eigenvalue weighted by atomic mass is 35.5. The summed E-state index contributed by atoms with van der Waals surface area (Å²) in [5, 5.41) is 8.92. The first kappa shape index (κ1) is 26.3. The van der Waals surface area contributed by atoms with Crippen LogP contribution in [0.15, 0.2) is 52.7 Å². The number of ether oxygens (including phenoxy) is 1. The normalized spacial score (nSPS) is 16.6. The number of alkyl halides is 3. The third kappa shape index (κ3) is 5.95. The van der Waals surface area contributed by atoms with Gasteiger partial charge >= 0.3 is 6.18 Å². The number of thiophene rings is 1. The minimum absolute atomic E-state index is 0.0635.